The molecule has 2 rings (SSSR count). The van der Waals surface area contributed by atoms with Gasteiger partial charge in [-0.1, -0.05) is 12.1 Å². The van der Waals surface area contributed by atoms with Crippen LogP contribution in [0.1, 0.15) is 11.1 Å². The number of nitrogens with one attached hydrogen (secondary N) is 1. The van der Waals surface area contributed by atoms with Gasteiger partial charge in [-0.15, -0.1) is 0 Å². The molecule has 3 N–H and O–H groups in total. The average Bonchev–Trinajstić information content (AvgIpc) is 2.64. The van der Waals surface area contributed by atoms with E-state index < -0.39 is 0 Å². The molecule has 0 unspecified atom stereocenters. The topological polar surface area (TPSA) is 84.7 Å². The van der Waals surface area contributed by atoms with E-state index in [1.54, 1.807) is 11.9 Å². The Bertz CT molecular complexity index is 487. The van der Waals surface area contributed by atoms with Gasteiger partial charge < -0.3 is 9.64 Å². The first-order chi connectivity index (χ1) is 8.61. The van der Waals surface area contributed by atoms with Gasteiger partial charge in [0, 0.05) is 12.7 Å². The van der Waals surface area contributed by atoms with Crippen LogP contribution in [0.3, 0.4) is 0 Å². The molecule has 0 radical (unpaired) electrons. The number of anilines is 1. The van der Waals surface area contributed by atoms with Gasteiger partial charge in [-0.25, -0.2) is 5.84 Å². The minimum Gasteiger partial charge on any atom is -0.367 e. The first kappa shape index (κ1) is 12.5. The maximum absolute atomic E-state index is 11.5. The molecule has 6 heteroatoms. The summed E-state index contributed by atoms with van der Waals surface area (Å²) < 4.78 is 5.20. The van der Waals surface area contributed by atoms with Crippen LogP contribution in [0.25, 0.3) is 0 Å². The second-order valence-electron chi connectivity index (χ2n) is 4.15. The van der Waals surface area contributed by atoms with E-state index >= 15 is 0 Å². The summed E-state index contributed by atoms with van der Waals surface area (Å²) in [4.78, 5) is 24.0. The number of hydrogen-bond donors (Lipinski definition) is 2. The Balaban J connectivity index is 1.98. The zero-order valence-electron chi connectivity index (χ0n) is 10.1. The van der Waals surface area contributed by atoms with Crippen molar-refractivity contribution in [2.45, 2.75) is 13.0 Å². The second kappa shape index (κ2) is 5.16. The molecule has 2 amide bonds. The maximum atomic E-state index is 11.5. The molecule has 1 aliphatic rings. The van der Waals surface area contributed by atoms with Crippen molar-refractivity contribution in [3.63, 3.8) is 0 Å². The van der Waals surface area contributed by atoms with Crippen molar-refractivity contribution in [2.24, 2.45) is 5.84 Å². The van der Waals surface area contributed by atoms with Gasteiger partial charge in [0.25, 0.3) is 5.91 Å². The fourth-order valence-electron chi connectivity index (χ4n) is 1.92. The molecule has 96 valence electrons. The third-order valence-electron chi connectivity index (χ3n) is 2.88. The molecule has 1 heterocycles. The van der Waals surface area contributed by atoms with Crippen molar-refractivity contribution in [1.82, 2.24) is 5.43 Å². The van der Waals surface area contributed by atoms with Gasteiger partial charge in [-0.2, -0.15) is 0 Å². The molecule has 0 aliphatic carbocycles. The standard InChI is InChI=1S/C12H15N3O3/c1-15-10-3-2-8(4-9(10)5-12(15)17)6-18-7-11(16)14-13/h2-4H,5-7,13H2,1H3,(H,14,16). The predicted molar refractivity (Wildman–Crippen MR) is 65.5 cm³/mol. The molecular formula is C12H15N3O3. The van der Waals surface area contributed by atoms with Crippen LogP contribution < -0.4 is 16.2 Å². The number of hydrazine groups is 1. The highest BCUT2D eigenvalue weighted by atomic mass is 16.5. The number of ether oxygens (including phenoxy) is 1. The number of carbonyl (C=O) groups is 2. The third kappa shape index (κ3) is 2.49. The lowest BCUT2D eigenvalue weighted by Gasteiger charge is -2.10. The van der Waals surface area contributed by atoms with E-state index in [2.05, 4.69) is 0 Å². The van der Waals surface area contributed by atoms with Crippen LogP contribution in [0.2, 0.25) is 0 Å². The molecule has 0 fully saturated rings. The lowest BCUT2D eigenvalue weighted by molar-refractivity contribution is -0.126. The Morgan fingerprint density at radius 3 is 3.06 bits per heavy atom. The fourth-order valence-corrected chi connectivity index (χ4v) is 1.92. The molecule has 1 aromatic carbocycles. The molecule has 0 bridgehead atoms. The smallest absolute Gasteiger partial charge is 0.259 e. The second-order valence-corrected chi connectivity index (χ2v) is 4.15. The Morgan fingerprint density at radius 1 is 1.56 bits per heavy atom. The van der Waals surface area contributed by atoms with Gasteiger partial charge in [0.1, 0.15) is 6.61 Å². The number of carbonyl (C=O) groups excluding carboxylic acids is 2. The first-order valence-electron chi connectivity index (χ1n) is 5.57. The van der Waals surface area contributed by atoms with Crippen LogP contribution in [0.5, 0.6) is 0 Å². The van der Waals surface area contributed by atoms with Crippen LogP contribution in [0.4, 0.5) is 5.69 Å². The molecule has 1 aromatic rings. The monoisotopic (exact) mass is 249 g/mol. The first-order valence-corrected chi connectivity index (χ1v) is 5.57. The van der Waals surface area contributed by atoms with Crippen LogP contribution in [-0.2, 0) is 27.4 Å². The van der Waals surface area contributed by atoms with Crippen LogP contribution in [0.15, 0.2) is 18.2 Å². The minimum absolute atomic E-state index is 0.0770. The number of amides is 2. The quantitative estimate of drug-likeness (QED) is 0.436. The summed E-state index contributed by atoms with van der Waals surface area (Å²) in [5.74, 6) is 4.65. The van der Waals surface area contributed by atoms with Crippen molar-refractivity contribution in [3.8, 4) is 0 Å². The zero-order valence-corrected chi connectivity index (χ0v) is 10.1. The summed E-state index contributed by atoms with van der Waals surface area (Å²) in [5.41, 5.74) is 4.85. The van der Waals surface area contributed by atoms with Gasteiger partial charge in [0.05, 0.1) is 13.0 Å². The number of fused-ring (bicyclic) bond motifs is 1. The summed E-state index contributed by atoms with van der Waals surface area (Å²) in [5, 5.41) is 0. The van der Waals surface area contributed by atoms with E-state index in [9.17, 15) is 9.59 Å². The van der Waals surface area contributed by atoms with Gasteiger partial charge >= 0.3 is 0 Å². The highest BCUT2D eigenvalue weighted by Crippen LogP contribution is 2.28. The highest BCUT2D eigenvalue weighted by molar-refractivity contribution is 6.00. The van der Waals surface area contributed by atoms with Crippen LogP contribution in [-0.4, -0.2) is 25.5 Å². The van der Waals surface area contributed by atoms with E-state index in [1.165, 1.54) is 0 Å². The molecular weight excluding hydrogens is 234 g/mol. The number of nitrogens with zero attached hydrogens (tertiary/aromatic N) is 1. The van der Waals surface area contributed by atoms with E-state index in [1.807, 2.05) is 23.6 Å². The van der Waals surface area contributed by atoms with Crippen molar-refractivity contribution in [2.75, 3.05) is 18.6 Å². The fraction of sp³-hybridized carbons (Fsp3) is 0.333. The Morgan fingerprint density at radius 2 is 2.33 bits per heavy atom. The third-order valence-corrected chi connectivity index (χ3v) is 2.88. The van der Waals surface area contributed by atoms with Gasteiger partial charge in [-0.3, -0.25) is 15.0 Å². The summed E-state index contributed by atoms with van der Waals surface area (Å²) >= 11 is 0. The highest BCUT2D eigenvalue weighted by Gasteiger charge is 2.23. The van der Waals surface area contributed by atoms with E-state index in [0.29, 0.717) is 13.0 Å². The Labute approximate surface area is 105 Å². The van der Waals surface area contributed by atoms with Crippen molar-refractivity contribution in [3.05, 3.63) is 29.3 Å². The molecule has 6 nitrogen and oxygen atoms in total. The lowest BCUT2D eigenvalue weighted by atomic mass is 10.1. The molecule has 0 atom stereocenters. The van der Waals surface area contributed by atoms with Gasteiger partial charge in [0.15, 0.2) is 0 Å². The zero-order chi connectivity index (χ0) is 13.1. The molecule has 18 heavy (non-hydrogen) atoms. The molecule has 1 aliphatic heterocycles. The maximum Gasteiger partial charge on any atom is 0.259 e. The summed E-state index contributed by atoms with van der Waals surface area (Å²) in [6.07, 6.45) is 0.420. The molecule has 0 aromatic heterocycles. The van der Waals surface area contributed by atoms with Crippen LogP contribution >= 0.6 is 0 Å². The Kier molecular flexibility index (Phi) is 3.59. The summed E-state index contributed by atoms with van der Waals surface area (Å²) in [7, 11) is 1.76. The Hall–Kier alpha value is -1.92. The van der Waals surface area contributed by atoms with Crippen molar-refractivity contribution in [1.29, 1.82) is 0 Å². The molecule has 0 spiro atoms. The summed E-state index contributed by atoms with van der Waals surface area (Å²) in [6.45, 7) is 0.241. The number of rotatable bonds is 4. The number of benzene rings is 1. The predicted octanol–water partition coefficient (Wildman–Crippen LogP) is -0.288. The van der Waals surface area contributed by atoms with E-state index in [-0.39, 0.29) is 18.4 Å². The van der Waals surface area contributed by atoms with Crippen molar-refractivity contribution >= 4 is 17.5 Å². The van der Waals surface area contributed by atoms with Crippen LogP contribution in [0, 0.1) is 0 Å². The SMILES string of the molecule is CN1C(=O)Cc2cc(COCC(=O)NN)ccc21. The number of hydrogen-bond acceptors (Lipinski definition) is 4. The number of likely N-dealkylation sites (N-methyl/N-ethyl adjacent to an activating group) is 1. The summed E-state index contributed by atoms with van der Waals surface area (Å²) in [6, 6.07) is 5.70. The average molecular weight is 249 g/mol. The molecule has 0 saturated carbocycles. The largest absolute Gasteiger partial charge is 0.367 e. The van der Waals surface area contributed by atoms with Gasteiger partial charge in [0.2, 0.25) is 5.91 Å². The van der Waals surface area contributed by atoms with Crippen molar-refractivity contribution < 1.29 is 14.3 Å². The van der Waals surface area contributed by atoms with E-state index in [4.69, 9.17) is 10.6 Å². The minimum atomic E-state index is -0.369. The normalized spacial score (nSPS) is 13.7. The molecule has 0 saturated heterocycles. The lowest BCUT2D eigenvalue weighted by Crippen LogP contribution is -2.33. The van der Waals surface area contributed by atoms with E-state index in [0.717, 1.165) is 16.8 Å². The number of nitrogens with two attached hydrogens (primary N) is 1. The van der Waals surface area contributed by atoms with Gasteiger partial charge in [-0.05, 0) is 17.2 Å².